The van der Waals surface area contributed by atoms with E-state index in [9.17, 15) is 0 Å². The first-order chi connectivity index (χ1) is 15.2. The van der Waals surface area contributed by atoms with E-state index in [0.717, 1.165) is 6.54 Å². The standard InChI is InChI=1S/C30H53N/c1-4-6-8-10-12-13-16-22-30(23-17-15-18-24-30)28-20-21-29(27(3)26-28)31-25-19-14-11-9-7-5-2/h20-21,26,31H,4-19,22-25H2,1-3H3. The molecule has 0 aromatic heterocycles. The molecule has 0 heterocycles. The number of anilines is 1. The van der Waals surface area contributed by atoms with Gasteiger partial charge >= 0.3 is 0 Å². The van der Waals surface area contributed by atoms with Crippen LogP contribution in [0.4, 0.5) is 5.69 Å². The topological polar surface area (TPSA) is 12.0 Å². The number of unbranched alkanes of at least 4 members (excludes halogenated alkanes) is 11. The van der Waals surface area contributed by atoms with Crippen LogP contribution in [0.2, 0.25) is 0 Å². The number of benzene rings is 1. The van der Waals surface area contributed by atoms with E-state index >= 15 is 0 Å². The van der Waals surface area contributed by atoms with Crippen molar-refractivity contribution in [3.63, 3.8) is 0 Å². The minimum Gasteiger partial charge on any atom is -0.385 e. The first-order valence-corrected chi connectivity index (χ1v) is 14.1. The summed E-state index contributed by atoms with van der Waals surface area (Å²) in [6, 6.07) is 7.40. The Hall–Kier alpha value is -0.980. The van der Waals surface area contributed by atoms with Crippen LogP contribution in [0.5, 0.6) is 0 Å². The molecule has 0 aliphatic heterocycles. The van der Waals surface area contributed by atoms with E-state index in [1.165, 1.54) is 133 Å². The predicted octanol–water partition coefficient (Wildman–Crippen LogP) is 10.1. The van der Waals surface area contributed by atoms with E-state index in [0.29, 0.717) is 5.41 Å². The molecule has 1 saturated carbocycles. The fourth-order valence-electron chi connectivity index (χ4n) is 5.65. The Bertz CT molecular complexity index is 570. The van der Waals surface area contributed by atoms with Crippen molar-refractivity contribution in [2.45, 2.75) is 148 Å². The van der Waals surface area contributed by atoms with Crippen molar-refractivity contribution in [3.05, 3.63) is 29.3 Å². The monoisotopic (exact) mass is 427 g/mol. The lowest BCUT2D eigenvalue weighted by Crippen LogP contribution is -2.29. The van der Waals surface area contributed by atoms with Gasteiger partial charge in [-0.05, 0) is 55.2 Å². The zero-order valence-electron chi connectivity index (χ0n) is 21.4. The Morgan fingerprint density at radius 3 is 1.90 bits per heavy atom. The molecule has 1 heteroatoms. The Kier molecular flexibility index (Phi) is 13.4. The van der Waals surface area contributed by atoms with Gasteiger partial charge in [-0.2, -0.15) is 0 Å². The maximum Gasteiger partial charge on any atom is 0.0370 e. The van der Waals surface area contributed by atoms with E-state index in [-0.39, 0.29) is 0 Å². The number of rotatable bonds is 17. The summed E-state index contributed by atoms with van der Waals surface area (Å²) in [6.45, 7) is 8.04. The molecule has 1 aromatic carbocycles. The molecule has 0 bridgehead atoms. The molecule has 1 aliphatic rings. The Labute approximate surface area is 195 Å². The van der Waals surface area contributed by atoms with Crippen molar-refractivity contribution >= 4 is 5.69 Å². The van der Waals surface area contributed by atoms with E-state index in [1.807, 2.05) is 0 Å². The lowest BCUT2D eigenvalue weighted by molar-refractivity contribution is 0.265. The molecule has 1 nitrogen and oxygen atoms in total. The van der Waals surface area contributed by atoms with Crippen LogP contribution >= 0.6 is 0 Å². The third-order valence-electron chi connectivity index (χ3n) is 7.75. The van der Waals surface area contributed by atoms with Crippen molar-refractivity contribution < 1.29 is 0 Å². The maximum absolute atomic E-state index is 3.72. The third-order valence-corrected chi connectivity index (χ3v) is 7.75. The molecule has 178 valence electrons. The highest BCUT2D eigenvalue weighted by atomic mass is 14.9. The Morgan fingerprint density at radius 1 is 0.710 bits per heavy atom. The largest absolute Gasteiger partial charge is 0.385 e. The van der Waals surface area contributed by atoms with Crippen LogP contribution in [0, 0.1) is 6.92 Å². The first kappa shape index (κ1) is 26.3. The van der Waals surface area contributed by atoms with Crippen LogP contribution in [0.3, 0.4) is 0 Å². The SMILES string of the molecule is CCCCCCCCCC1(c2ccc(NCCCCCCCC)c(C)c2)CCCCC1. The molecular weight excluding hydrogens is 374 g/mol. The summed E-state index contributed by atoms with van der Waals surface area (Å²) >= 11 is 0. The molecule has 2 rings (SSSR count). The normalized spacial score (nSPS) is 15.8. The number of aryl methyl sites for hydroxylation is 1. The Balaban J connectivity index is 1.84. The molecule has 0 radical (unpaired) electrons. The van der Waals surface area contributed by atoms with Gasteiger partial charge < -0.3 is 5.32 Å². The molecular formula is C30H53N. The van der Waals surface area contributed by atoms with Crippen molar-refractivity contribution in [2.75, 3.05) is 11.9 Å². The van der Waals surface area contributed by atoms with Gasteiger partial charge in [-0.1, -0.05) is 122 Å². The van der Waals surface area contributed by atoms with E-state index in [4.69, 9.17) is 0 Å². The average Bonchev–Trinajstić information content (AvgIpc) is 2.79. The summed E-state index contributed by atoms with van der Waals surface area (Å²) in [7, 11) is 0. The second-order valence-corrected chi connectivity index (χ2v) is 10.4. The van der Waals surface area contributed by atoms with Gasteiger partial charge in [-0.25, -0.2) is 0 Å². The number of hydrogen-bond acceptors (Lipinski definition) is 1. The zero-order valence-corrected chi connectivity index (χ0v) is 21.4. The maximum atomic E-state index is 3.72. The van der Waals surface area contributed by atoms with Crippen LogP contribution in [0.15, 0.2) is 18.2 Å². The molecule has 0 amide bonds. The minimum atomic E-state index is 0.463. The predicted molar refractivity (Wildman–Crippen MR) is 140 cm³/mol. The molecule has 1 aromatic rings. The quantitative estimate of drug-likeness (QED) is 0.244. The molecule has 1 N–H and O–H groups in total. The second kappa shape index (κ2) is 15.8. The minimum absolute atomic E-state index is 0.463. The Morgan fingerprint density at radius 2 is 1.29 bits per heavy atom. The van der Waals surface area contributed by atoms with Gasteiger partial charge in [0, 0.05) is 12.2 Å². The number of nitrogens with one attached hydrogen (secondary N) is 1. The zero-order chi connectivity index (χ0) is 22.2. The fraction of sp³-hybridized carbons (Fsp3) is 0.800. The molecule has 1 aliphatic carbocycles. The molecule has 0 spiro atoms. The van der Waals surface area contributed by atoms with Crippen LogP contribution in [0.25, 0.3) is 0 Å². The molecule has 0 atom stereocenters. The van der Waals surface area contributed by atoms with Gasteiger partial charge in [0.1, 0.15) is 0 Å². The summed E-state index contributed by atoms with van der Waals surface area (Å²) in [5, 5.41) is 3.72. The highest BCUT2D eigenvalue weighted by molar-refractivity contribution is 5.53. The van der Waals surface area contributed by atoms with Gasteiger partial charge in [0.25, 0.3) is 0 Å². The molecule has 1 fully saturated rings. The lowest BCUT2D eigenvalue weighted by Gasteiger charge is -2.38. The number of hydrogen-bond donors (Lipinski definition) is 1. The van der Waals surface area contributed by atoms with Gasteiger partial charge in [0.05, 0.1) is 0 Å². The van der Waals surface area contributed by atoms with E-state index in [1.54, 1.807) is 5.56 Å². The highest BCUT2D eigenvalue weighted by Gasteiger charge is 2.33. The molecule has 0 unspecified atom stereocenters. The van der Waals surface area contributed by atoms with Crippen LogP contribution < -0.4 is 5.32 Å². The van der Waals surface area contributed by atoms with Crippen LogP contribution in [-0.4, -0.2) is 6.54 Å². The average molecular weight is 428 g/mol. The van der Waals surface area contributed by atoms with Gasteiger partial charge in [0.15, 0.2) is 0 Å². The summed E-state index contributed by atoms with van der Waals surface area (Å²) < 4.78 is 0. The summed E-state index contributed by atoms with van der Waals surface area (Å²) in [4.78, 5) is 0. The smallest absolute Gasteiger partial charge is 0.0370 e. The summed E-state index contributed by atoms with van der Waals surface area (Å²) in [6.07, 6.45) is 26.7. The van der Waals surface area contributed by atoms with Gasteiger partial charge in [0.2, 0.25) is 0 Å². The van der Waals surface area contributed by atoms with E-state index < -0.39 is 0 Å². The summed E-state index contributed by atoms with van der Waals surface area (Å²) in [5.74, 6) is 0. The van der Waals surface area contributed by atoms with Crippen molar-refractivity contribution in [1.82, 2.24) is 0 Å². The highest BCUT2D eigenvalue weighted by Crippen LogP contribution is 2.44. The molecule has 31 heavy (non-hydrogen) atoms. The first-order valence-electron chi connectivity index (χ1n) is 14.1. The van der Waals surface area contributed by atoms with Crippen molar-refractivity contribution in [1.29, 1.82) is 0 Å². The van der Waals surface area contributed by atoms with E-state index in [2.05, 4.69) is 44.3 Å². The second-order valence-electron chi connectivity index (χ2n) is 10.4. The van der Waals surface area contributed by atoms with Crippen LogP contribution in [-0.2, 0) is 5.41 Å². The van der Waals surface area contributed by atoms with Crippen molar-refractivity contribution in [3.8, 4) is 0 Å². The van der Waals surface area contributed by atoms with Gasteiger partial charge in [-0.15, -0.1) is 0 Å². The third kappa shape index (κ3) is 9.58. The fourth-order valence-corrected chi connectivity index (χ4v) is 5.65. The molecule has 0 saturated heterocycles. The summed E-state index contributed by atoms with van der Waals surface area (Å²) in [5.41, 5.74) is 4.91. The van der Waals surface area contributed by atoms with Gasteiger partial charge in [-0.3, -0.25) is 0 Å². The van der Waals surface area contributed by atoms with Crippen LogP contribution in [0.1, 0.15) is 147 Å². The lowest BCUT2D eigenvalue weighted by atomic mass is 9.66. The van der Waals surface area contributed by atoms with Crippen molar-refractivity contribution in [2.24, 2.45) is 0 Å².